The van der Waals surface area contributed by atoms with E-state index in [1.54, 1.807) is 18.8 Å². The first-order valence-electron chi connectivity index (χ1n) is 8.12. The first-order valence-corrected chi connectivity index (χ1v) is 11.6. The lowest BCUT2D eigenvalue weighted by Crippen LogP contribution is -2.32. The van der Waals surface area contributed by atoms with E-state index in [-0.39, 0.29) is 12.3 Å². The van der Waals surface area contributed by atoms with Crippen LogP contribution in [-0.4, -0.2) is 38.5 Å². The Morgan fingerprint density at radius 1 is 1.21 bits per heavy atom. The molecule has 0 fully saturated rings. The molecule has 28 heavy (non-hydrogen) atoms. The molecule has 1 amide bonds. The summed E-state index contributed by atoms with van der Waals surface area (Å²) in [6, 6.07) is 9.08. The van der Waals surface area contributed by atoms with E-state index in [4.69, 9.17) is 34.8 Å². The van der Waals surface area contributed by atoms with Gasteiger partial charge in [0.25, 0.3) is 0 Å². The van der Waals surface area contributed by atoms with E-state index in [2.05, 4.69) is 52.9 Å². The molecular weight excluding hydrogens is 620 g/mol. The van der Waals surface area contributed by atoms with Crippen molar-refractivity contribution in [3.05, 3.63) is 55.7 Å². The van der Waals surface area contributed by atoms with Crippen molar-refractivity contribution in [2.24, 2.45) is 0 Å². The van der Waals surface area contributed by atoms with Crippen molar-refractivity contribution < 1.29 is 4.79 Å². The van der Waals surface area contributed by atoms with Crippen LogP contribution in [0.5, 0.6) is 0 Å². The first-order chi connectivity index (χ1) is 13.0. The summed E-state index contributed by atoms with van der Waals surface area (Å²) in [7, 11) is 3.42. The highest BCUT2D eigenvalue weighted by molar-refractivity contribution is 9.14. The Balaban J connectivity index is 2.45. The number of hydrogen-bond donors (Lipinski definition) is 0. The minimum Gasteiger partial charge on any atom is -0.347 e. The molecule has 4 nitrogen and oxygen atoms in total. The van der Waals surface area contributed by atoms with Gasteiger partial charge in [0.15, 0.2) is 3.79 Å². The Bertz CT molecular complexity index is 864. The molecule has 0 aliphatic carbocycles. The summed E-state index contributed by atoms with van der Waals surface area (Å²) in [4.78, 5) is 14.4. The largest absolute Gasteiger partial charge is 0.347 e. The molecule has 0 radical (unpaired) electrons. The summed E-state index contributed by atoms with van der Waals surface area (Å²) >= 11 is 28.5. The van der Waals surface area contributed by atoms with Crippen molar-refractivity contribution in [1.29, 1.82) is 0 Å². The number of rotatable bonds is 6. The molecular formula is C18H17Br3Cl3N3O. The van der Waals surface area contributed by atoms with Crippen molar-refractivity contribution in [3.8, 4) is 0 Å². The normalized spacial score (nSPS) is 13.5. The number of halogens is 6. The molecule has 0 N–H and O–H groups in total. The molecule has 0 aliphatic rings. The van der Waals surface area contributed by atoms with Gasteiger partial charge >= 0.3 is 0 Å². The maximum absolute atomic E-state index is 12.9. The minimum atomic E-state index is -1.44. The molecule has 1 unspecified atom stereocenters. The van der Waals surface area contributed by atoms with Gasteiger partial charge in [0.1, 0.15) is 15.2 Å². The van der Waals surface area contributed by atoms with Crippen LogP contribution in [0.3, 0.4) is 0 Å². The number of benzene rings is 1. The summed E-state index contributed by atoms with van der Waals surface area (Å²) < 4.78 is 2.18. The monoisotopic (exact) mass is 633 g/mol. The van der Waals surface area contributed by atoms with Gasteiger partial charge in [0, 0.05) is 20.5 Å². The Kier molecular flexibility index (Phi) is 8.92. The average Bonchev–Trinajstić information content (AvgIpc) is 2.88. The summed E-state index contributed by atoms with van der Waals surface area (Å²) in [6.07, 6.45) is 2.53. The fourth-order valence-electron chi connectivity index (χ4n) is 2.59. The van der Waals surface area contributed by atoms with Crippen LogP contribution in [0.25, 0.3) is 5.57 Å². The number of likely N-dealkylation sites (N-methyl/N-ethyl adjacent to an activating group) is 1. The van der Waals surface area contributed by atoms with Crippen molar-refractivity contribution in [2.75, 3.05) is 14.1 Å². The van der Waals surface area contributed by atoms with E-state index in [1.807, 2.05) is 36.4 Å². The van der Waals surface area contributed by atoms with Gasteiger partial charge in [0.2, 0.25) is 5.91 Å². The molecule has 1 heterocycles. The second kappa shape index (κ2) is 10.3. The Labute approximate surface area is 204 Å². The standard InChI is InChI=1S/C18H17Br3Cl3N3O/c1-26(2)17(28)13(27-16(21)14(19)15(20)25-27)9-8-12(10-18(22,23)24)11-6-4-3-5-7-11/h3-8,13H,9-10H2,1-2H3. The number of aromatic nitrogens is 2. The van der Waals surface area contributed by atoms with E-state index in [0.29, 0.717) is 15.6 Å². The fourth-order valence-corrected chi connectivity index (χ4v) is 4.42. The van der Waals surface area contributed by atoms with E-state index in [1.165, 1.54) is 4.90 Å². The Hall–Kier alpha value is -0.0500. The number of hydrogen-bond acceptors (Lipinski definition) is 2. The van der Waals surface area contributed by atoms with Gasteiger partial charge < -0.3 is 4.90 Å². The zero-order valence-corrected chi connectivity index (χ0v) is 22.0. The molecule has 0 spiro atoms. The lowest BCUT2D eigenvalue weighted by Gasteiger charge is -2.22. The number of carbonyl (C=O) groups excluding carboxylic acids is 1. The number of amides is 1. The SMILES string of the molecule is CN(C)C(=O)C(CC=C(CC(Cl)(Cl)Cl)c1ccccc1)n1nc(Br)c(Br)c1Br. The smallest absolute Gasteiger partial charge is 0.247 e. The second-order valence-corrected chi connectivity index (χ2v) is 11.0. The highest BCUT2D eigenvalue weighted by Gasteiger charge is 2.28. The predicted octanol–water partition coefficient (Wildman–Crippen LogP) is 7.03. The molecule has 0 aliphatic heterocycles. The van der Waals surface area contributed by atoms with Crippen LogP contribution in [-0.2, 0) is 4.79 Å². The van der Waals surface area contributed by atoms with Gasteiger partial charge in [-0.05, 0) is 65.3 Å². The first kappa shape index (κ1) is 24.2. The van der Waals surface area contributed by atoms with Gasteiger partial charge in [-0.15, -0.1) is 0 Å². The number of allylic oxidation sites excluding steroid dienone is 2. The number of alkyl halides is 3. The lowest BCUT2D eigenvalue weighted by atomic mass is 10.0. The molecule has 0 bridgehead atoms. The summed E-state index contributed by atoms with van der Waals surface area (Å²) in [5.74, 6) is -0.0965. The molecule has 2 rings (SSSR count). The summed E-state index contributed by atoms with van der Waals surface area (Å²) in [5, 5.41) is 4.42. The average molecular weight is 637 g/mol. The third-order valence-corrected chi connectivity index (χ3v) is 7.43. The summed E-state index contributed by atoms with van der Waals surface area (Å²) in [5.41, 5.74) is 1.78. The van der Waals surface area contributed by atoms with Gasteiger partial charge in [-0.2, -0.15) is 5.10 Å². The highest BCUT2D eigenvalue weighted by atomic mass is 79.9. The van der Waals surface area contributed by atoms with Gasteiger partial charge in [-0.1, -0.05) is 71.2 Å². The summed E-state index contributed by atoms with van der Waals surface area (Å²) in [6.45, 7) is 0. The van der Waals surface area contributed by atoms with E-state index in [0.717, 1.165) is 15.6 Å². The van der Waals surface area contributed by atoms with Crippen molar-refractivity contribution >= 4 is 94.1 Å². The number of nitrogens with zero attached hydrogens (tertiary/aromatic N) is 3. The van der Waals surface area contributed by atoms with Crippen molar-refractivity contribution in [1.82, 2.24) is 14.7 Å². The van der Waals surface area contributed by atoms with Gasteiger partial charge in [-0.25, -0.2) is 4.68 Å². The molecule has 1 aromatic carbocycles. The van der Waals surface area contributed by atoms with Crippen LogP contribution in [0.2, 0.25) is 0 Å². The fraction of sp³-hybridized carbons (Fsp3) is 0.333. The Morgan fingerprint density at radius 2 is 1.82 bits per heavy atom. The van der Waals surface area contributed by atoms with Crippen LogP contribution in [0.15, 0.2) is 50.1 Å². The molecule has 152 valence electrons. The zero-order valence-electron chi connectivity index (χ0n) is 15.0. The molecule has 2 aromatic rings. The highest BCUT2D eigenvalue weighted by Crippen LogP contribution is 2.38. The maximum Gasteiger partial charge on any atom is 0.247 e. The molecule has 0 saturated heterocycles. The third kappa shape index (κ3) is 6.47. The molecule has 1 aromatic heterocycles. The second-order valence-electron chi connectivity index (χ2n) is 6.21. The van der Waals surface area contributed by atoms with E-state index < -0.39 is 9.83 Å². The predicted molar refractivity (Wildman–Crippen MR) is 127 cm³/mol. The Morgan fingerprint density at radius 3 is 2.29 bits per heavy atom. The lowest BCUT2D eigenvalue weighted by molar-refractivity contribution is -0.132. The van der Waals surface area contributed by atoms with Gasteiger partial charge in [0.05, 0.1) is 4.47 Å². The number of carbonyl (C=O) groups is 1. The van der Waals surface area contributed by atoms with Crippen LogP contribution in [0, 0.1) is 0 Å². The van der Waals surface area contributed by atoms with Crippen LogP contribution in [0.4, 0.5) is 0 Å². The van der Waals surface area contributed by atoms with Crippen molar-refractivity contribution in [3.63, 3.8) is 0 Å². The topological polar surface area (TPSA) is 38.1 Å². The van der Waals surface area contributed by atoms with E-state index in [9.17, 15) is 4.79 Å². The quantitative estimate of drug-likeness (QED) is 0.319. The van der Waals surface area contributed by atoms with Crippen molar-refractivity contribution in [2.45, 2.75) is 22.7 Å². The van der Waals surface area contributed by atoms with Gasteiger partial charge in [-0.3, -0.25) is 4.79 Å². The minimum absolute atomic E-state index is 0.0965. The zero-order chi connectivity index (χ0) is 21.1. The van der Waals surface area contributed by atoms with Crippen LogP contribution < -0.4 is 0 Å². The van der Waals surface area contributed by atoms with E-state index >= 15 is 0 Å². The molecule has 0 saturated carbocycles. The maximum atomic E-state index is 12.9. The van der Waals surface area contributed by atoms with Crippen LogP contribution in [0.1, 0.15) is 24.4 Å². The van der Waals surface area contributed by atoms with Crippen LogP contribution >= 0.6 is 82.6 Å². The molecule has 1 atom stereocenters. The third-order valence-electron chi connectivity index (χ3n) is 3.90. The molecule has 10 heteroatoms.